The molecule has 0 saturated heterocycles. The third kappa shape index (κ3) is 4.68. The van der Waals surface area contributed by atoms with Crippen LogP contribution in [0.2, 0.25) is 0 Å². The molecular weight excluding hydrogens is 364 g/mol. The van der Waals surface area contributed by atoms with Crippen LogP contribution in [0.4, 0.5) is 5.69 Å². The standard InChI is InChI=1S/C20H26N2O6/c1-5-21(10-9-19(25)27-6-2)20(26)13(3)22-16-11-15(14(4)23)7-8-17(16)28-12-18(22)24/h7-8,11,13H,5-6,9-10,12H2,1-4H3. The Kier molecular flexibility index (Phi) is 7.14. The number of carbonyl (C=O) groups excluding carboxylic acids is 4. The molecule has 0 spiro atoms. The first-order valence-corrected chi connectivity index (χ1v) is 9.34. The van der Waals surface area contributed by atoms with Crippen molar-refractivity contribution in [2.24, 2.45) is 0 Å². The van der Waals surface area contributed by atoms with Gasteiger partial charge in [0.25, 0.3) is 5.91 Å². The molecule has 0 aromatic heterocycles. The maximum atomic E-state index is 13.0. The predicted molar refractivity (Wildman–Crippen MR) is 102 cm³/mol. The number of likely N-dealkylation sites (N-methyl/N-ethyl adjacent to an activating group) is 1. The molecule has 1 aliphatic heterocycles. The van der Waals surface area contributed by atoms with Crippen LogP contribution in [0.15, 0.2) is 18.2 Å². The van der Waals surface area contributed by atoms with Crippen LogP contribution in [-0.2, 0) is 19.1 Å². The Hall–Kier alpha value is -2.90. The monoisotopic (exact) mass is 390 g/mol. The highest BCUT2D eigenvalue weighted by atomic mass is 16.5. The normalized spacial score (nSPS) is 14.0. The Morgan fingerprint density at radius 2 is 2.00 bits per heavy atom. The summed E-state index contributed by atoms with van der Waals surface area (Å²) in [6.45, 7) is 7.28. The van der Waals surface area contributed by atoms with Gasteiger partial charge in [-0.1, -0.05) is 0 Å². The van der Waals surface area contributed by atoms with E-state index in [4.69, 9.17) is 9.47 Å². The summed E-state index contributed by atoms with van der Waals surface area (Å²) in [5.41, 5.74) is 0.822. The summed E-state index contributed by atoms with van der Waals surface area (Å²) < 4.78 is 10.3. The Labute approximate surface area is 164 Å². The lowest BCUT2D eigenvalue weighted by Crippen LogP contribution is -2.52. The number of carbonyl (C=O) groups is 4. The number of rotatable bonds is 8. The molecule has 1 heterocycles. The Bertz CT molecular complexity index is 776. The lowest BCUT2D eigenvalue weighted by atomic mass is 10.1. The van der Waals surface area contributed by atoms with Crippen molar-refractivity contribution in [1.29, 1.82) is 0 Å². The fourth-order valence-corrected chi connectivity index (χ4v) is 3.07. The van der Waals surface area contributed by atoms with E-state index >= 15 is 0 Å². The molecule has 1 atom stereocenters. The van der Waals surface area contributed by atoms with E-state index in [0.717, 1.165) is 0 Å². The van der Waals surface area contributed by atoms with Crippen molar-refractivity contribution in [2.75, 3.05) is 31.2 Å². The Morgan fingerprint density at radius 3 is 2.61 bits per heavy atom. The fourth-order valence-electron chi connectivity index (χ4n) is 3.07. The van der Waals surface area contributed by atoms with Crippen molar-refractivity contribution in [2.45, 2.75) is 40.2 Å². The first-order chi connectivity index (χ1) is 13.3. The van der Waals surface area contributed by atoms with E-state index in [1.165, 1.54) is 16.7 Å². The van der Waals surface area contributed by atoms with Crippen LogP contribution in [0.1, 0.15) is 44.5 Å². The average molecular weight is 390 g/mol. The van der Waals surface area contributed by atoms with Crippen LogP contribution in [-0.4, -0.2) is 60.8 Å². The highest BCUT2D eigenvalue weighted by Gasteiger charge is 2.35. The first-order valence-electron chi connectivity index (χ1n) is 9.34. The zero-order valence-corrected chi connectivity index (χ0v) is 16.7. The van der Waals surface area contributed by atoms with Gasteiger partial charge in [0.15, 0.2) is 12.4 Å². The zero-order chi connectivity index (χ0) is 20.8. The van der Waals surface area contributed by atoms with Gasteiger partial charge in [-0.2, -0.15) is 0 Å². The number of ketones is 1. The topological polar surface area (TPSA) is 93.2 Å². The molecule has 2 rings (SSSR count). The number of benzene rings is 1. The highest BCUT2D eigenvalue weighted by molar-refractivity contribution is 6.05. The summed E-state index contributed by atoms with van der Waals surface area (Å²) in [7, 11) is 0. The summed E-state index contributed by atoms with van der Waals surface area (Å²) >= 11 is 0. The van der Waals surface area contributed by atoms with Gasteiger partial charge in [-0.05, 0) is 45.9 Å². The largest absolute Gasteiger partial charge is 0.482 e. The number of anilines is 1. The van der Waals surface area contributed by atoms with Crippen molar-refractivity contribution < 1.29 is 28.7 Å². The van der Waals surface area contributed by atoms with Gasteiger partial charge in [-0.25, -0.2) is 0 Å². The molecule has 8 heteroatoms. The maximum absolute atomic E-state index is 13.0. The van der Waals surface area contributed by atoms with E-state index in [2.05, 4.69) is 0 Å². The van der Waals surface area contributed by atoms with Gasteiger partial charge in [-0.15, -0.1) is 0 Å². The van der Waals surface area contributed by atoms with E-state index in [9.17, 15) is 19.2 Å². The minimum Gasteiger partial charge on any atom is -0.482 e. The number of Topliss-reactive ketones (excluding diaryl/α,β-unsaturated/α-hetero) is 1. The van der Waals surface area contributed by atoms with Crippen molar-refractivity contribution in [1.82, 2.24) is 4.90 Å². The van der Waals surface area contributed by atoms with Gasteiger partial charge in [-0.3, -0.25) is 24.1 Å². The van der Waals surface area contributed by atoms with Crippen LogP contribution >= 0.6 is 0 Å². The molecule has 1 unspecified atom stereocenters. The lowest BCUT2D eigenvalue weighted by molar-refractivity contribution is -0.144. The summed E-state index contributed by atoms with van der Waals surface area (Å²) in [4.78, 5) is 51.7. The maximum Gasteiger partial charge on any atom is 0.307 e. The molecule has 0 saturated carbocycles. The number of esters is 1. The molecule has 1 aromatic carbocycles. The number of hydrogen-bond donors (Lipinski definition) is 0. The van der Waals surface area contributed by atoms with Gasteiger partial charge in [0, 0.05) is 18.7 Å². The molecule has 0 aliphatic carbocycles. The van der Waals surface area contributed by atoms with Crippen molar-refractivity contribution in [3.05, 3.63) is 23.8 Å². The molecule has 1 aliphatic rings. The average Bonchev–Trinajstić information content (AvgIpc) is 2.67. The number of nitrogens with zero attached hydrogens (tertiary/aromatic N) is 2. The van der Waals surface area contributed by atoms with Crippen molar-refractivity contribution in [3.8, 4) is 5.75 Å². The van der Waals surface area contributed by atoms with E-state index in [1.807, 2.05) is 0 Å². The van der Waals surface area contributed by atoms with Gasteiger partial charge < -0.3 is 14.4 Å². The minimum atomic E-state index is -0.806. The fraction of sp³-hybridized carbons (Fsp3) is 0.500. The van der Waals surface area contributed by atoms with Crippen LogP contribution in [0, 0.1) is 0 Å². The van der Waals surface area contributed by atoms with Gasteiger partial charge in [0.1, 0.15) is 11.8 Å². The molecule has 0 fully saturated rings. The highest BCUT2D eigenvalue weighted by Crippen LogP contribution is 2.34. The SMILES string of the molecule is CCOC(=O)CCN(CC)C(=O)C(C)N1C(=O)COc2ccc(C(C)=O)cc21. The predicted octanol–water partition coefficient (Wildman–Crippen LogP) is 1.80. The second-order valence-electron chi connectivity index (χ2n) is 6.44. The Morgan fingerprint density at radius 1 is 1.29 bits per heavy atom. The molecule has 0 radical (unpaired) electrons. The number of ether oxygens (including phenoxy) is 2. The lowest BCUT2D eigenvalue weighted by Gasteiger charge is -2.35. The molecule has 8 nitrogen and oxygen atoms in total. The van der Waals surface area contributed by atoms with Crippen LogP contribution in [0.3, 0.4) is 0 Å². The number of amides is 2. The summed E-state index contributed by atoms with van der Waals surface area (Å²) in [5, 5.41) is 0. The first kappa shape index (κ1) is 21.4. The smallest absolute Gasteiger partial charge is 0.307 e. The number of fused-ring (bicyclic) bond motifs is 1. The van der Waals surface area contributed by atoms with Crippen LogP contribution < -0.4 is 9.64 Å². The minimum absolute atomic E-state index is 0.0856. The van der Waals surface area contributed by atoms with Crippen LogP contribution in [0.5, 0.6) is 5.75 Å². The van der Waals surface area contributed by atoms with E-state index in [-0.39, 0.29) is 49.7 Å². The summed E-state index contributed by atoms with van der Waals surface area (Å²) in [6.07, 6.45) is 0.0856. The molecule has 28 heavy (non-hydrogen) atoms. The second-order valence-corrected chi connectivity index (χ2v) is 6.44. The van der Waals surface area contributed by atoms with Gasteiger partial charge >= 0.3 is 5.97 Å². The Balaban J connectivity index is 2.24. The molecule has 1 aromatic rings. The molecule has 152 valence electrons. The van der Waals surface area contributed by atoms with Gasteiger partial charge in [0.2, 0.25) is 5.91 Å². The molecule has 0 bridgehead atoms. The van der Waals surface area contributed by atoms with E-state index < -0.39 is 6.04 Å². The molecule has 2 amide bonds. The summed E-state index contributed by atoms with van der Waals surface area (Å²) in [6, 6.07) is 4.01. The summed E-state index contributed by atoms with van der Waals surface area (Å²) in [5.74, 6) is -0.736. The van der Waals surface area contributed by atoms with Crippen LogP contribution in [0.25, 0.3) is 0 Å². The second kappa shape index (κ2) is 9.34. The van der Waals surface area contributed by atoms with Crippen molar-refractivity contribution in [3.63, 3.8) is 0 Å². The third-order valence-corrected chi connectivity index (χ3v) is 4.57. The van der Waals surface area contributed by atoms with E-state index in [0.29, 0.717) is 23.5 Å². The zero-order valence-electron chi connectivity index (χ0n) is 16.7. The molecule has 0 N–H and O–H groups in total. The molecular formula is C20H26N2O6. The van der Waals surface area contributed by atoms with E-state index in [1.54, 1.807) is 39.0 Å². The number of hydrogen-bond acceptors (Lipinski definition) is 6. The van der Waals surface area contributed by atoms with Crippen molar-refractivity contribution >= 4 is 29.3 Å². The van der Waals surface area contributed by atoms with Gasteiger partial charge in [0.05, 0.1) is 18.7 Å². The third-order valence-electron chi connectivity index (χ3n) is 4.57. The quantitative estimate of drug-likeness (QED) is 0.496.